The first-order valence-corrected chi connectivity index (χ1v) is 12.3. The van der Waals surface area contributed by atoms with Gasteiger partial charge in [-0.1, -0.05) is 24.3 Å². The molecule has 8 heteroatoms. The molecule has 2 heterocycles. The number of rotatable bonds is 9. The first-order chi connectivity index (χ1) is 18.0. The molecule has 0 aromatic heterocycles. The number of fused-ring (bicyclic) bond motifs is 1. The predicted octanol–water partition coefficient (Wildman–Crippen LogP) is 5.07. The fraction of sp³-hybridized carbons (Fsp3) is 0.345. The molecule has 0 saturated carbocycles. The van der Waals surface area contributed by atoms with Crippen molar-refractivity contribution in [2.24, 2.45) is 0 Å². The summed E-state index contributed by atoms with van der Waals surface area (Å²) in [5.41, 5.74) is 3.40. The number of carboxylic acids is 1. The predicted molar refractivity (Wildman–Crippen MR) is 138 cm³/mol. The van der Waals surface area contributed by atoms with Gasteiger partial charge in [0.2, 0.25) is 0 Å². The molecule has 5 rings (SSSR count). The van der Waals surface area contributed by atoms with E-state index in [1.165, 1.54) is 0 Å². The van der Waals surface area contributed by atoms with Gasteiger partial charge < -0.3 is 34.1 Å². The molecule has 1 fully saturated rings. The van der Waals surface area contributed by atoms with E-state index >= 15 is 0 Å². The molecule has 0 amide bonds. The number of ether oxygens (including phenoxy) is 5. The van der Waals surface area contributed by atoms with E-state index in [1.54, 1.807) is 14.2 Å². The SMILES string of the molecule is COc1cc(OC)cc(-c2ccc(NC3(C(=O)O)CCOCC3)cc2CO[C@@H]2COc3ccccc32)c1. The smallest absolute Gasteiger partial charge is 0.329 e. The minimum Gasteiger partial charge on any atom is -0.497 e. The van der Waals surface area contributed by atoms with Crippen LogP contribution in [0.2, 0.25) is 0 Å². The van der Waals surface area contributed by atoms with Crippen LogP contribution in [-0.4, -0.2) is 50.7 Å². The number of nitrogens with one attached hydrogen (secondary N) is 1. The topological polar surface area (TPSA) is 95.5 Å². The molecule has 1 saturated heterocycles. The molecule has 0 radical (unpaired) electrons. The molecule has 2 N–H and O–H groups in total. The minimum absolute atomic E-state index is 0.193. The summed E-state index contributed by atoms with van der Waals surface area (Å²) in [4.78, 5) is 12.2. The molecular weight excluding hydrogens is 474 g/mol. The number of methoxy groups -OCH3 is 2. The zero-order valence-electron chi connectivity index (χ0n) is 21.0. The number of carbonyl (C=O) groups is 1. The molecule has 8 nitrogen and oxygen atoms in total. The fourth-order valence-electron chi connectivity index (χ4n) is 4.89. The van der Waals surface area contributed by atoms with E-state index in [4.69, 9.17) is 23.7 Å². The summed E-state index contributed by atoms with van der Waals surface area (Å²) >= 11 is 0. The lowest BCUT2D eigenvalue weighted by atomic mass is 9.89. The first-order valence-electron chi connectivity index (χ1n) is 12.3. The second kappa shape index (κ2) is 10.7. The molecule has 37 heavy (non-hydrogen) atoms. The van der Waals surface area contributed by atoms with Gasteiger partial charge in [0.15, 0.2) is 0 Å². The summed E-state index contributed by atoms with van der Waals surface area (Å²) in [6.45, 7) is 1.55. The van der Waals surface area contributed by atoms with Crippen molar-refractivity contribution in [3.63, 3.8) is 0 Å². The Hall–Kier alpha value is -3.75. The number of anilines is 1. The van der Waals surface area contributed by atoms with E-state index < -0.39 is 11.5 Å². The van der Waals surface area contributed by atoms with E-state index in [0.29, 0.717) is 56.5 Å². The lowest BCUT2D eigenvalue weighted by molar-refractivity contribution is -0.145. The number of benzene rings is 3. The van der Waals surface area contributed by atoms with Crippen molar-refractivity contribution in [3.05, 3.63) is 71.8 Å². The molecule has 0 unspecified atom stereocenters. The van der Waals surface area contributed by atoms with Crippen molar-refractivity contribution in [1.82, 2.24) is 0 Å². The largest absolute Gasteiger partial charge is 0.497 e. The minimum atomic E-state index is -1.07. The van der Waals surface area contributed by atoms with Gasteiger partial charge in [-0.3, -0.25) is 0 Å². The van der Waals surface area contributed by atoms with Gasteiger partial charge in [-0.2, -0.15) is 0 Å². The summed E-state index contributed by atoms with van der Waals surface area (Å²) in [7, 11) is 3.23. The van der Waals surface area contributed by atoms with Crippen LogP contribution < -0.4 is 19.5 Å². The normalized spacial score (nSPS) is 17.9. The highest BCUT2D eigenvalue weighted by atomic mass is 16.5. The van der Waals surface area contributed by atoms with Crippen LogP contribution in [0.5, 0.6) is 17.2 Å². The first kappa shape index (κ1) is 24.9. The van der Waals surface area contributed by atoms with Crippen molar-refractivity contribution < 1.29 is 33.6 Å². The van der Waals surface area contributed by atoms with Crippen LogP contribution in [0.15, 0.2) is 60.7 Å². The molecule has 3 aromatic carbocycles. The van der Waals surface area contributed by atoms with Crippen LogP contribution in [0.25, 0.3) is 11.1 Å². The highest BCUT2D eigenvalue weighted by Crippen LogP contribution is 2.38. The van der Waals surface area contributed by atoms with Crippen LogP contribution in [-0.2, 0) is 20.9 Å². The maximum absolute atomic E-state index is 12.2. The molecule has 0 aliphatic carbocycles. The highest BCUT2D eigenvalue weighted by Gasteiger charge is 2.40. The Kier molecular flexibility index (Phi) is 7.21. The zero-order valence-corrected chi connectivity index (χ0v) is 21.0. The highest BCUT2D eigenvalue weighted by molar-refractivity contribution is 5.83. The lowest BCUT2D eigenvalue weighted by Gasteiger charge is -2.35. The molecule has 2 aliphatic heterocycles. The van der Waals surface area contributed by atoms with Gasteiger partial charge >= 0.3 is 5.97 Å². The van der Waals surface area contributed by atoms with Gasteiger partial charge in [0, 0.05) is 43.4 Å². The average Bonchev–Trinajstić information content (AvgIpc) is 3.35. The van der Waals surface area contributed by atoms with Crippen molar-refractivity contribution in [1.29, 1.82) is 0 Å². The number of para-hydroxylation sites is 1. The third-order valence-corrected chi connectivity index (χ3v) is 7.00. The van der Waals surface area contributed by atoms with Gasteiger partial charge in [-0.25, -0.2) is 4.79 Å². The Morgan fingerprint density at radius 2 is 1.76 bits per heavy atom. The van der Waals surface area contributed by atoms with Crippen molar-refractivity contribution >= 4 is 11.7 Å². The zero-order chi connectivity index (χ0) is 25.8. The lowest BCUT2D eigenvalue weighted by Crippen LogP contribution is -2.50. The standard InChI is InChI=1S/C29H31NO7/c1-33-22-14-19(15-23(16-22)34-2)24-8-7-21(30-29(28(31)32)9-11-35-12-10-29)13-20(24)17-36-27-18-37-26-6-4-3-5-25(26)27/h3-8,13-16,27,30H,9-12,17-18H2,1-2H3,(H,31,32)/t27-/m1/s1. The van der Waals surface area contributed by atoms with E-state index in [1.807, 2.05) is 60.7 Å². The van der Waals surface area contributed by atoms with Gasteiger partial charge in [0.05, 0.1) is 20.8 Å². The summed E-state index contributed by atoms with van der Waals surface area (Å²) in [6.07, 6.45) is 0.583. The van der Waals surface area contributed by atoms with Gasteiger partial charge in [-0.15, -0.1) is 0 Å². The van der Waals surface area contributed by atoms with E-state index in [0.717, 1.165) is 28.0 Å². The van der Waals surface area contributed by atoms with E-state index in [9.17, 15) is 9.90 Å². The summed E-state index contributed by atoms with van der Waals surface area (Å²) in [5.74, 6) is 1.31. The molecule has 0 spiro atoms. The molecule has 1 atom stereocenters. The second-order valence-corrected chi connectivity index (χ2v) is 9.25. The Balaban J connectivity index is 1.49. The summed E-state index contributed by atoms with van der Waals surface area (Å²) in [5, 5.41) is 13.3. The monoisotopic (exact) mass is 505 g/mol. The molecule has 2 aliphatic rings. The number of hydrogen-bond acceptors (Lipinski definition) is 7. The number of aliphatic carboxylic acids is 1. The average molecular weight is 506 g/mol. The van der Waals surface area contributed by atoms with E-state index in [-0.39, 0.29) is 6.10 Å². The molecule has 0 bridgehead atoms. The van der Waals surface area contributed by atoms with Gasteiger partial charge in [-0.05, 0) is 47.0 Å². The fourth-order valence-corrected chi connectivity index (χ4v) is 4.89. The Bertz CT molecular complexity index is 1250. The van der Waals surface area contributed by atoms with Crippen LogP contribution in [0.1, 0.15) is 30.1 Å². The number of hydrogen-bond donors (Lipinski definition) is 2. The van der Waals surface area contributed by atoms with Crippen molar-refractivity contribution in [3.8, 4) is 28.4 Å². The van der Waals surface area contributed by atoms with Crippen LogP contribution in [0.3, 0.4) is 0 Å². The van der Waals surface area contributed by atoms with Crippen molar-refractivity contribution in [2.75, 3.05) is 39.4 Å². The van der Waals surface area contributed by atoms with Crippen molar-refractivity contribution in [2.45, 2.75) is 31.1 Å². The molecule has 194 valence electrons. The molecular formula is C29H31NO7. The molecule has 3 aromatic rings. The third-order valence-electron chi connectivity index (χ3n) is 7.00. The van der Waals surface area contributed by atoms with Gasteiger partial charge in [0.1, 0.15) is 35.5 Å². The summed E-state index contributed by atoms with van der Waals surface area (Å²) in [6, 6.07) is 19.4. The Labute approximate surface area is 216 Å². The quantitative estimate of drug-likeness (QED) is 0.416. The Morgan fingerprint density at radius 3 is 2.46 bits per heavy atom. The van der Waals surface area contributed by atoms with Crippen LogP contribution in [0.4, 0.5) is 5.69 Å². The number of carboxylic acid groups (broad SMARTS) is 1. The van der Waals surface area contributed by atoms with Gasteiger partial charge in [0.25, 0.3) is 0 Å². The maximum Gasteiger partial charge on any atom is 0.329 e. The van der Waals surface area contributed by atoms with Crippen LogP contribution >= 0.6 is 0 Å². The maximum atomic E-state index is 12.2. The Morgan fingerprint density at radius 1 is 1.03 bits per heavy atom. The second-order valence-electron chi connectivity index (χ2n) is 9.25. The third kappa shape index (κ3) is 5.21. The summed E-state index contributed by atoms with van der Waals surface area (Å²) < 4.78 is 28.5. The van der Waals surface area contributed by atoms with E-state index in [2.05, 4.69) is 5.32 Å². The van der Waals surface area contributed by atoms with Crippen LogP contribution in [0, 0.1) is 0 Å².